The lowest BCUT2D eigenvalue weighted by atomic mass is 10.0. The predicted molar refractivity (Wildman–Crippen MR) is 81.2 cm³/mol. The van der Waals surface area contributed by atoms with Crippen LogP contribution in [0.5, 0.6) is 0 Å². The van der Waals surface area contributed by atoms with Gasteiger partial charge in [-0.3, -0.25) is 4.98 Å². The number of thiazole rings is 1. The van der Waals surface area contributed by atoms with Gasteiger partial charge in [-0.1, -0.05) is 6.42 Å². The summed E-state index contributed by atoms with van der Waals surface area (Å²) in [5.74, 6) is 0. The molecule has 1 unspecified atom stereocenters. The Hall–Kier alpha value is -1.51. The van der Waals surface area contributed by atoms with Crippen molar-refractivity contribution in [1.29, 1.82) is 0 Å². The van der Waals surface area contributed by atoms with Gasteiger partial charge in [0.05, 0.1) is 11.7 Å². The molecule has 2 N–H and O–H groups in total. The van der Waals surface area contributed by atoms with Gasteiger partial charge in [-0.05, 0) is 25.0 Å². The molecule has 1 fully saturated rings. The van der Waals surface area contributed by atoms with Crippen molar-refractivity contribution < 1.29 is 8.42 Å². The molecule has 0 saturated carbocycles. The lowest BCUT2D eigenvalue weighted by Crippen LogP contribution is -2.38. The van der Waals surface area contributed by atoms with Crippen molar-refractivity contribution in [1.82, 2.24) is 14.3 Å². The van der Waals surface area contributed by atoms with Crippen LogP contribution < -0.4 is 5.73 Å². The summed E-state index contributed by atoms with van der Waals surface area (Å²) in [5, 5.41) is 2.31. The number of hydrogen-bond acceptors (Lipinski definition) is 6. The minimum absolute atomic E-state index is 0.222. The molecule has 0 aliphatic carbocycles. The molecule has 0 amide bonds. The Bertz CT molecular complexity index is 715. The van der Waals surface area contributed by atoms with Crippen molar-refractivity contribution in [3.63, 3.8) is 0 Å². The second-order valence-electron chi connectivity index (χ2n) is 4.93. The van der Waals surface area contributed by atoms with E-state index in [4.69, 9.17) is 5.73 Å². The van der Waals surface area contributed by atoms with Gasteiger partial charge in [0.15, 0.2) is 5.13 Å². The number of piperidine rings is 1. The summed E-state index contributed by atoms with van der Waals surface area (Å²) in [4.78, 5) is 8.40. The Balaban J connectivity index is 1.98. The number of pyridine rings is 1. The smallest absolute Gasteiger partial charge is 0.245 e. The average Bonchev–Trinajstić information content (AvgIpc) is 2.95. The third kappa shape index (κ3) is 2.78. The largest absolute Gasteiger partial charge is 0.375 e. The molecule has 8 heteroatoms. The van der Waals surface area contributed by atoms with Gasteiger partial charge in [0, 0.05) is 24.3 Å². The predicted octanol–water partition coefficient (Wildman–Crippen LogP) is 2.04. The Morgan fingerprint density at radius 3 is 2.90 bits per heavy atom. The molecule has 3 heterocycles. The van der Waals surface area contributed by atoms with Gasteiger partial charge in [0.2, 0.25) is 10.0 Å². The summed E-state index contributed by atoms with van der Waals surface area (Å²) in [6, 6.07) is 2.97. The molecule has 1 saturated heterocycles. The van der Waals surface area contributed by atoms with Gasteiger partial charge in [0.25, 0.3) is 0 Å². The van der Waals surface area contributed by atoms with Crippen LogP contribution in [0.3, 0.4) is 0 Å². The average molecular weight is 324 g/mol. The number of anilines is 1. The standard InChI is InChI=1S/C13H16N4O2S2/c14-13-16-11(9-20-13)12-5-1-2-7-17(12)21(18,19)10-4-3-6-15-8-10/h3-4,6,8-9,12H,1-2,5,7H2,(H2,14,16). The number of aromatic nitrogens is 2. The topological polar surface area (TPSA) is 89.2 Å². The van der Waals surface area contributed by atoms with E-state index in [9.17, 15) is 8.42 Å². The van der Waals surface area contributed by atoms with Crippen LogP contribution in [0, 0.1) is 0 Å². The van der Waals surface area contributed by atoms with Crippen LogP contribution in [0.25, 0.3) is 0 Å². The molecule has 0 bridgehead atoms. The molecule has 1 aliphatic heterocycles. The fourth-order valence-corrected chi connectivity index (χ4v) is 4.82. The molecule has 2 aromatic heterocycles. The number of nitrogens with zero attached hydrogens (tertiary/aromatic N) is 3. The number of hydrogen-bond donors (Lipinski definition) is 1. The molecule has 2 aromatic rings. The highest BCUT2D eigenvalue weighted by Gasteiger charge is 2.35. The summed E-state index contributed by atoms with van der Waals surface area (Å²) in [6.45, 7) is 0.499. The summed E-state index contributed by atoms with van der Waals surface area (Å²) in [5.41, 5.74) is 6.42. The zero-order valence-electron chi connectivity index (χ0n) is 11.3. The Morgan fingerprint density at radius 1 is 1.38 bits per heavy atom. The van der Waals surface area contributed by atoms with Crippen LogP contribution >= 0.6 is 11.3 Å². The first-order valence-electron chi connectivity index (χ1n) is 6.72. The number of sulfonamides is 1. The third-order valence-electron chi connectivity index (χ3n) is 3.58. The van der Waals surface area contributed by atoms with Gasteiger partial charge in [-0.2, -0.15) is 4.31 Å². The van der Waals surface area contributed by atoms with Crippen LogP contribution in [0.1, 0.15) is 31.0 Å². The van der Waals surface area contributed by atoms with Gasteiger partial charge in [-0.25, -0.2) is 13.4 Å². The van der Waals surface area contributed by atoms with E-state index in [1.165, 1.54) is 21.8 Å². The van der Waals surface area contributed by atoms with Crippen LogP contribution in [0.2, 0.25) is 0 Å². The van der Waals surface area contributed by atoms with Crippen LogP contribution in [0.4, 0.5) is 5.13 Å². The summed E-state index contributed by atoms with van der Waals surface area (Å²) < 4.78 is 27.1. The summed E-state index contributed by atoms with van der Waals surface area (Å²) in [7, 11) is -3.56. The van der Waals surface area contributed by atoms with E-state index >= 15 is 0 Å². The fourth-order valence-electron chi connectivity index (χ4n) is 2.58. The normalized spacial score (nSPS) is 20.5. The molecule has 1 atom stereocenters. The Morgan fingerprint density at radius 2 is 2.24 bits per heavy atom. The van der Waals surface area contributed by atoms with Gasteiger partial charge in [0.1, 0.15) is 4.90 Å². The van der Waals surface area contributed by atoms with Crippen LogP contribution in [-0.4, -0.2) is 29.2 Å². The minimum Gasteiger partial charge on any atom is -0.375 e. The highest BCUT2D eigenvalue weighted by atomic mass is 32.2. The number of nitrogen functional groups attached to an aromatic ring is 1. The molecule has 6 nitrogen and oxygen atoms in total. The van der Waals surface area contributed by atoms with Crippen LogP contribution in [-0.2, 0) is 10.0 Å². The molecular formula is C13H16N4O2S2. The monoisotopic (exact) mass is 324 g/mol. The summed E-state index contributed by atoms with van der Waals surface area (Å²) >= 11 is 1.34. The fraction of sp³-hybridized carbons (Fsp3) is 0.385. The molecule has 0 radical (unpaired) electrons. The van der Waals surface area contributed by atoms with Crippen molar-refractivity contribution in [3.8, 4) is 0 Å². The van der Waals surface area contributed by atoms with E-state index in [-0.39, 0.29) is 10.9 Å². The lowest BCUT2D eigenvalue weighted by Gasteiger charge is -2.33. The van der Waals surface area contributed by atoms with E-state index in [0.29, 0.717) is 11.7 Å². The Kier molecular flexibility index (Phi) is 3.92. The van der Waals surface area contributed by atoms with Crippen molar-refractivity contribution in [3.05, 3.63) is 35.6 Å². The van der Waals surface area contributed by atoms with Crippen molar-refractivity contribution in [2.75, 3.05) is 12.3 Å². The first-order chi connectivity index (χ1) is 10.1. The second-order valence-corrected chi connectivity index (χ2v) is 7.71. The lowest BCUT2D eigenvalue weighted by molar-refractivity contribution is 0.252. The zero-order chi connectivity index (χ0) is 14.9. The summed E-state index contributed by atoms with van der Waals surface area (Å²) in [6.07, 6.45) is 5.56. The van der Waals surface area contributed by atoms with Crippen molar-refractivity contribution in [2.24, 2.45) is 0 Å². The first kappa shape index (κ1) is 14.4. The highest BCUT2D eigenvalue weighted by molar-refractivity contribution is 7.89. The van der Waals surface area contributed by atoms with Gasteiger partial charge >= 0.3 is 0 Å². The van der Waals surface area contributed by atoms with E-state index in [0.717, 1.165) is 25.0 Å². The molecule has 112 valence electrons. The van der Waals surface area contributed by atoms with Crippen molar-refractivity contribution in [2.45, 2.75) is 30.2 Å². The Labute approximate surface area is 127 Å². The van der Waals surface area contributed by atoms with E-state index in [1.54, 1.807) is 18.3 Å². The van der Waals surface area contributed by atoms with E-state index in [1.807, 2.05) is 5.38 Å². The van der Waals surface area contributed by atoms with E-state index < -0.39 is 10.0 Å². The molecule has 21 heavy (non-hydrogen) atoms. The van der Waals surface area contributed by atoms with Crippen LogP contribution in [0.15, 0.2) is 34.8 Å². The first-order valence-corrected chi connectivity index (χ1v) is 9.04. The quantitative estimate of drug-likeness (QED) is 0.933. The maximum Gasteiger partial charge on any atom is 0.245 e. The minimum atomic E-state index is -3.56. The molecule has 3 rings (SSSR count). The molecule has 1 aliphatic rings. The molecule has 0 aromatic carbocycles. The third-order valence-corrected chi connectivity index (χ3v) is 6.16. The zero-order valence-corrected chi connectivity index (χ0v) is 13.0. The van der Waals surface area contributed by atoms with Crippen molar-refractivity contribution >= 4 is 26.5 Å². The number of rotatable bonds is 3. The van der Waals surface area contributed by atoms with E-state index in [2.05, 4.69) is 9.97 Å². The van der Waals surface area contributed by atoms with Gasteiger partial charge < -0.3 is 5.73 Å². The molecular weight excluding hydrogens is 308 g/mol. The second kappa shape index (κ2) is 5.70. The maximum atomic E-state index is 12.8. The molecule has 0 spiro atoms. The SMILES string of the molecule is Nc1nc(C2CCCCN2S(=O)(=O)c2cccnc2)cs1. The maximum absolute atomic E-state index is 12.8. The number of nitrogens with two attached hydrogens (primary N) is 1. The highest BCUT2D eigenvalue weighted by Crippen LogP contribution is 2.35. The van der Waals surface area contributed by atoms with Gasteiger partial charge in [-0.15, -0.1) is 11.3 Å².